The van der Waals surface area contributed by atoms with Crippen molar-refractivity contribution in [3.05, 3.63) is 41.5 Å². The molecule has 13 heteroatoms. The molecule has 36 heavy (non-hydrogen) atoms. The molecule has 0 amide bonds. The maximum atomic E-state index is 14.1. The van der Waals surface area contributed by atoms with Crippen molar-refractivity contribution in [3.63, 3.8) is 0 Å². The molecule has 2 saturated heterocycles. The largest absolute Gasteiger partial charge is 0.433 e. The van der Waals surface area contributed by atoms with Gasteiger partial charge in [0.2, 0.25) is 5.95 Å². The zero-order valence-electron chi connectivity index (χ0n) is 20.1. The van der Waals surface area contributed by atoms with Gasteiger partial charge >= 0.3 is 6.18 Å². The highest BCUT2D eigenvalue weighted by atomic mass is 32.2. The maximum Gasteiger partial charge on any atom is 0.433 e. The number of sulfone groups is 1. The van der Waals surface area contributed by atoms with Gasteiger partial charge in [0, 0.05) is 63.0 Å². The molecule has 7 nitrogen and oxygen atoms in total. The van der Waals surface area contributed by atoms with Crippen LogP contribution in [0.3, 0.4) is 0 Å². The Bertz CT molecular complexity index is 1220. The van der Waals surface area contributed by atoms with Gasteiger partial charge in [0.1, 0.15) is 16.9 Å². The van der Waals surface area contributed by atoms with E-state index in [4.69, 9.17) is 0 Å². The Morgan fingerprint density at radius 3 is 2.42 bits per heavy atom. The van der Waals surface area contributed by atoms with Gasteiger partial charge in [-0.05, 0) is 24.1 Å². The third-order valence-corrected chi connectivity index (χ3v) is 7.66. The Balaban J connectivity index is 1.60. The molecule has 0 bridgehead atoms. The van der Waals surface area contributed by atoms with Crippen molar-refractivity contribution in [1.82, 2.24) is 14.9 Å². The third kappa shape index (κ3) is 5.56. The number of aromatic nitrogens is 2. The molecular formula is C23H28F5N5O2S. The van der Waals surface area contributed by atoms with Crippen LogP contribution in [0, 0.1) is 11.7 Å². The minimum Gasteiger partial charge on any atom is -0.368 e. The maximum absolute atomic E-state index is 14.1. The highest BCUT2D eigenvalue weighted by Crippen LogP contribution is 2.34. The van der Waals surface area contributed by atoms with Gasteiger partial charge in [-0.25, -0.2) is 27.2 Å². The SMILES string of the molecule is CC(C)[C@@H]1CN(c2ccc(F)c(S(C)(=O)=O)c2)CCN1c1ncc(CN2CC(F)C2)c(C(F)(F)F)n1. The van der Waals surface area contributed by atoms with Crippen molar-refractivity contribution >= 4 is 21.5 Å². The van der Waals surface area contributed by atoms with Crippen molar-refractivity contribution in [1.29, 1.82) is 0 Å². The van der Waals surface area contributed by atoms with Crippen molar-refractivity contribution in [2.75, 3.05) is 48.8 Å². The summed E-state index contributed by atoms with van der Waals surface area (Å²) in [4.78, 5) is 12.9. The molecule has 0 N–H and O–H groups in total. The molecule has 0 spiro atoms. The molecule has 0 radical (unpaired) electrons. The topological polar surface area (TPSA) is 69.6 Å². The van der Waals surface area contributed by atoms with Gasteiger partial charge in [0.25, 0.3) is 0 Å². The van der Waals surface area contributed by atoms with Gasteiger partial charge in [0.15, 0.2) is 15.5 Å². The summed E-state index contributed by atoms with van der Waals surface area (Å²) in [7, 11) is -3.77. The summed E-state index contributed by atoms with van der Waals surface area (Å²) >= 11 is 0. The van der Waals surface area contributed by atoms with E-state index >= 15 is 0 Å². The highest BCUT2D eigenvalue weighted by Gasteiger charge is 2.39. The van der Waals surface area contributed by atoms with Crippen LogP contribution in [0.15, 0.2) is 29.3 Å². The lowest BCUT2D eigenvalue weighted by Crippen LogP contribution is -2.56. The molecule has 1 atom stereocenters. The van der Waals surface area contributed by atoms with Gasteiger partial charge in [-0.1, -0.05) is 13.8 Å². The zero-order chi connectivity index (χ0) is 26.4. The molecule has 1 aromatic heterocycles. The molecule has 198 valence electrons. The summed E-state index contributed by atoms with van der Waals surface area (Å²) in [5, 5.41) is 0. The lowest BCUT2D eigenvalue weighted by Gasteiger charge is -2.44. The Hall–Kier alpha value is -2.54. The van der Waals surface area contributed by atoms with Crippen molar-refractivity contribution in [2.24, 2.45) is 5.92 Å². The van der Waals surface area contributed by atoms with Crippen LogP contribution in [-0.2, 0) is 22.6 Å². The molecule has 0 aliphatic carbocycles. The van der Waals surface area contributed by atoms with E-state index in [2.05, 4.69) is 9.97 Å². The second kappa shape index (κ2) is 9.73. The fourth-order valence-electron chi connectivity index (χ4n) is 4.61. The van der Waals surface area contributed by atoms with Crippen LogP contribution in [-0.4, -0.2) is 74.5 Å². The van der Waals surface area contributed by atoms with Gasteiger partial charge in [-0.2, -0.15) is 13.2 Å². The minimum absolute atomic E-state index is 0.0113. The molecule has 1 aromatic carbocycles. The van der Waals surface area contributed by atoms with Crippen molar-refractivity contribution in [2.45, 2.75) is 43.7 Å². The number of halogens is 5. The second-order valence-electron chi connectivity index (χ2n) is 9.67. The molecule has 3 heterocycles. The standard InChI is InChI=1S/C23H28F5N5O2S/c1-14(2)19-13-32(17-4-5-18(25)20(8-17)36(3,34)35)6-7-33(19)22-29-9-15(10-31-11-16(24)12-31)21(30-22)23(26,27)28/h4-5,8-9,14,16,19H,6-7,10-13H2,1-3H3/t19-/m0/s1. The van der Waals surface area contributed by atoms with E-state index in [-0.39, 0.29) is 49.7 Å². The number of hydrogen-bond donors (Lipinski definition) is 0. The van der Waals surface area contributed by atoms with E-state index < -0.39 is 38.6 Å². The lowest BCUT2D eigenvalue weighted by atomic mass is 9.99. The van der Waals surface area contributed by atoms with Gasteiger partial charge in [0.05, 0.1) is 6.04 Å². The summed E-state index contributed by atoms with van der Waals surface area (Å²) in [5.41, 5.74) is -0.622. The highest BCUT2D eigenvalue weighted by molar-refractivity contribution is 7.90. The zero-order valence-corrected chi connectivity index (χ0v) is 21.0. The Morgan fingerprint density at radius 1 is 1.14 bits per heavy atom. The average Bonchev–Trinajstić information content (AvgIpc) is 2.76. The predicted molar refractivity (Wildman–Crippen MR) is 125 cm³/mol. The number of anilines is 2. The molecule has 2 aliphatic rings. The molecule has 2 fully saturated rings. The number of piperazine rings is 1. The van der Waals surface area contributed by atoms with Crippen LogP contribution in [0.4, 0.5) is 33.6 Å². The van der Waals surface area contributed by atoms with Crippen molar-refractivity contribution in [3.8, 4) is 0 Å². The van der Waals surface area contributed by atoms with Crippen LogP contribution < -0.4 is 9.80 Å². The summed E-state index contributed by atoms with van der Waals surface area (Å²) < 4.78 is 92.7. The van der Waals surface area contributed by atoms with Gasteiger partial charge < -0.3 is 9.80 Å². The molecular weight excluding hydrogens is 505 g/mol. The van der Waals surface area contributed by atoms with Crippen LogP contribution in [0.2, 0.25) is 0 Å². The van der Waals surface area contributed by atoms with Crippen LogP contribution in [0.5, 0.6) is 0 Å². The Kier molecular flexibility index (Phi) is 7.17. The van der Waals surface area contributed by atoms with Crippen molar-refractivity contribution < 1.29 is 30.4 Å². The number of alkyl halides is 4. The monoisotopic (exact) mass is 533 g/mol. The predicted octanol–water partition coefficient (Wildman–Crippen LogP) is 3.54. The van der Waals surface area contributed by atoms with E-state index in [1.54, 1.807) is 9.80 Å². The van der Waals surface area contributed by atoms with Crippen LogP contribution in [0.1, 0.15) is 25.1 Å². The molecule has 4 rings (SSSR count). The number of nitrogens with zero attached hydrogens (tertiary/aromatic N) is 5. The fourth-order valence-corrected chi connectivity index (χ4v) is 5.37. The van der Waals surface area contributed by atoms with E-state index in [0.717, 1.165) is 12.3 Å². The van der Waals surface area contributed by atoms with Gasteiger partial charge in [-0.15, -0.1) is 0 Å². The van der Waals surface area contributed by atoms with E-state index in [9.17, 15) is 30.4 Å². The summed E-state index contributed by atoms with van der Waals surface area (Å²) in [6.07, 6.45) is -3.63. The van der Waals surface area contributed by atoms with Crippen LogP contribution >= 0.6 is 0 Å². The lowest BCUT2D eigenvalue weighted by molar-refractivity contribution is -0.142. The molecule has 0 unspecified atom stereocenters. The number of rotatable bonds is 6. The Morgan fingerprint density at radius 2 is 1.83 bits per heavy atom. The Labute approximate surface area is 206 Å². The first kappa shape index (κ1) is 26.5. The summed E-state index contributed by atoms with van der Waals surface area (Å²) in [6.45, 7) is 4.90. The first-order valence-electron chi connectivity index (χ1n) is 11.5. The fraction of sp³-hybridized carbons (Fsp3) is 0.565. The van der Waals surface area contributed by atoms with E-state index in [1.165, 1.54) is 18.3 Å². The molecule has 0 saturated carbocycles. The van der Waals surface area contributed by atoms with Gasteiger partial charge in [-0.3, -0.25) is 4.90 Å². The normalized spacial score (nSPS) is 20.2. The summed E-state index contributed by atoms with van der Waals surface area (Å²) in [6, 6.07) is 3.58. The second-order valence-corrected chi connectivity index (χ2v) is 11.7. The molecule has 2 aromatic rings. The third-order valence-electron chi connectivity index (χ3n) is 6.55. The first-order chi connectivity index (χ1) is 16.7. The van der Waals surface area contributed by atoms with E-state index in [0.29, 0.717) is 18.8 Å². The summed E-state index contributed by atoms with van der Waals surface area (Å²) in [5.74, 6) is -0.899. The number of likely N-dealkylation sites (tertiary alicyclic amines) is 1. The average molecular weight is 534 g/mol. The smallest absolute Gasteiger partial charge is 0.368 e. The quantitative estimate of drug-likeness (QED) is 0.526. The number of benzene rings is 1. The first-order valence-corrected chi connectivity index (χ1v) is 13.4. The van der Waals surface area contributed by atoms with E-state index in [1.807, 2.05) is 18.7 Å². The minimum atomic E-state index is -4.70. The molecule has 2 aliphatic heterocycles. The number of hydrogen-bond acceptors (Lipinski definition) is 7. The van der Waals surface area contributed by atoms with Crippen LogP contribution in [0.25, 0.3) is 0 Å².